The summed E-state index contributed by atoms with van der Waals surface area (Å²) in [7, 11) is 0. The molecule has 1 rings (SSSR count). The van der Waals surface area contributed by atoms with E-state index in [2.05, 4.69) is 5.32 Å². The van der Waals surface area contributed by atoms with E-state index in [4.69, 9.17) is 39.9 Å². The molecular weight excluding hydrogens is 248 g/mol. The highest BCUT2D eigenvalue weighted by Crippen LogP contribution is 2.31. The van der Waals surface area contributed by atoms with Crippen molar-refractivity contribution in [3.8, 4) is 0 Å². The zero-order valence-corrected chi connectivity index (χ0v) is 9.12. The van der Waals surface area contributed by atoms with Crippen LogP contribution in [-0.2, 0) is 4.79 Å². The minimum Gasteiger partial charge on any atom is -0.480 e. The summed E-state index contributed by atoms with van der Waals surface area (Å²) in [5, 5.41) is 12.0. The summed E-state index contributed by atoms with van der Waals surface area (Å²) in [6, 6.07) is 2.94. The van der Waals surface area contributed by atoms with E-state index in [9.17, 15) is 4.79 Å². The summed E-state index contributed by atoms with van der Waals surface area (Å²) in [6.07, 6.45) is 0. The van der Waals surface area contributed by atoms with Crippen molar-refractivity contribution in [1.82, 2.24) is 0 Å². The summed E-state index contributed by atoms with van der Waals surface area (Å²) in [5.74, 6) is -0.980. The molecule has 0 aliphatic carbocycles. The molecule has 3 nitrogen and oxygen atoms in total. The van der Waals surface area contributed by atoms with Gasteiger partial charge in [0.05, 0.1) is 20.8 Å². The van der Waals surface area contributed by atoms with Gasteiger partial charge >= 0.3 is 5.97 Å². The summed E-state index contributed by atoms with van der Waals surface area (Å²) in [5.41, 5.74) is 0.448. The lowest BCUT2D eigenvalue weighted by molar-refractivity contribution is -0.134. The normalized spacial score (nSPS) is 9.93. The predicted molar refractivity (Wildman–Crippen MR) is 57.6 cm³/mol. The molecule has 0 aliphatic rings. The van der Waals surface area contributed by atoms with Gasteiger partial charge in [0.25, 0.3) is 0 Å². The van der Waals surface area contributed by atoms with Crippen LogP contribution < -0.4 is 5.32 Å². The van der Waals surface area contributed by atoms with Crippen LogP contribution >= 0.6 is 34.8 Å². The molecule has 0 radical (unpaired) electrons. The molecule has 76 valence electrons. The minimum absolute atomic E-state index is 0.225. The molecule has 0 heterocycles. The third-order valence-electron chi connectivity index (χ3n) is 1.44. The fourth-order valence-corrected chi connectivity index (χ4v) is 1.44. The third kappa shape index (κ3) is 2.94. The van der Waals surface area contributed by atoms with E-state index < -0.39 is 5.97 Å². The Morgan fingerprint density at radius 3 is 2.36 bits per heavy atom. The van der Waals surface area contributed by atoms with Crippen LogP contribution in [0.15, 0.2) is 12.1 Å². The predicted octanol–water partition coefficient (Wildman–Crippen LogP) is 3.14. The highest BCUT2D eigenvalue weighted by atomic mass is 35.5. The van der Waals surface area contributed by atoms with Gasteiger partial charge in [-0.2, -0.15) is 0 Å². The van der Waals surface area contributed by atoms with Gasteiger partial charge in [-0.15, -0.1) is 0 Å². The van der Waals surface area contributed by atoms with Gasteiger partial charge in [-0.1, -0.05) is 34.8 Å². The van der Waals surface area contributed by atoms with Gasteiger partial charge in [0.2, 0.25) is 0 Å². The van der Waals surface area contributed by atoms with E-state index >= 15 is 0 Å². The molecule has 14 heavy (non-hydrogen) atoms. The van der Waals surface area contributed by atoms with E-state index in [0.29, 0.717) is 20.8 Å². The van der Waals surface area contributed by atoms with Crippen molar-refractivity contribution in [3.63, 3.8) is 0 Å². The third-order valence-corrected chi connectivity index (χ3v) is 2.47. The zero-order valence-electron chi connectivity index (χ0n) is 6.85. The lowest BCUT2D eigenvalue weighted by Crippen LogP contribution is -2.12. The highest BCUT2D eigenvalue weighted by molar-refractivity contribution is 6.44. The first-order valence-electron chi connectivity index (χ1n) is 3.61. The van der Waals surface area contributed by atoms with Gasteiger partial charge in [0.1, 0.15) is 6.54 Å². The SMILES string of the molecule is O=C(O)CNc1cc(Cl)c(Cl)cc1Cl. The van der Waals surface area contributed by atoms with Crippen molar-refractivity contribution in [2.75, 3.05) is 11.9 Å². The number of carbonyl (C=O) groups is 1. The topological polar surface area (TPSA) is 49.3 Å². The molecule has 6 heteroatoms. The van der Waals surface area contributed by atoms with Crippen molar-refractivity contribution in [3.05, 3.63) is 27.2 Å². The summed E-state index contributed by atoms with van der Waals surface area (Å²) >= 11 is 17.2. The first-order valence-corrected chi connectivity index (χ1v) is 4.74. The van der Waals surface area contributed by atoms with Crippen molar-refractivity contribution in [2.45, 2.75) is 0 Å². The van der Waals surface area contributed by atoms with Crippen LogP contribution in [0.2, 0.25) is 15.1 Å². The highest BCUT2D eigenvalue weighted by Gasteiger charge is 2.06. The second kappa shape index (κ2) is 4.73. The quantitative estimate of drug-likeness (QED) is 0.815. The van der Waals surface area contributed by atoms with Crippen LogP contribution in [0.25, 0.3) is 0 Å². The first kappa shape index (κ1) is 11.4. The molecular formula is C8H6Cl3NO2. The van der Waals surface area contributed by atoms with Crippen LogP contribution in [0.4, 0.5) is 5.69 Å². The molecule has 1 aromatic carbocycles. The van der Waals surface area contributed by atoms with Gasteiger partial charge in [-0.3, -0.25) is 4.79 Å². The van der Waals surface area contributed by atoms with Crippen molar-refractivity contribution < 1.29 is 9.90 Å². The number of nitrogens with one attached hydrogen (secondary N) is 1. The largest absolute Gasteiger partial charge is 0.480 e. The number of carboxylic acids is 1. The van der Waals surface area contributed by atoms with Gasteiger partial charge in [-0.25, -0.2) is 0 Å². The van der Waals surface area contributed by atoms with Gasteiger partial charge < -0.3 is 10.4 Å². The fraction of sp³-hybridized carbons (Fsp3) is 0.125. The van der Waals surface area contributed by atoms with Crippen LogP contribution in [0.3, 0.4) is 0 Å². The van der Waals surface area contributed by atoms with Crippen LogP contribution in [0.5, 0.6) is 0 Å². The maximum absolute atomic E-state index is 10.3. The molecule has 0 amide bonds. The molecule has 0 aromatic heterocycles. The monoisotopic (exact) mass is 253 g/mol. The molecule has 0 atom stereocenters. The van der Waals surface area contributed by atoms with Gasteiger partial charge in [-0.05, 0) is 12.1 Å². The minimum atomic E-state index is -0.980. The van der Waals surface area contributed by atoms with Crippen molar-refractivity contribution in [2.24, 2.45) is 0 Å². The molecule has 0 saturated carbocycles. The van der Waals surface area contributed by atoms with E-state index in [0.717, 1.165) is 0 Å². The summed E-state index contributed by atoms with van der Waals surface area (Å²) in [4.78, 5) is 10.3. The van der Waals surface area contributed by atoms with Crippen molar-refractivity contribution in [1.29, 1.82) is 0 Å². The molecule has 0 unspecified atom stereocenters. The number of halogens is 3. The van der Waals surface area contributed by atoms with E-state index in [-0.39, 0.29) is 6.54 Å². The first-order chi connectivity index (χ1) is 6.50. The Labute approximate surface area is 95.6 Å². The Balaban J connectivity index is 2.87. The number of carboxylic acid groups (broad SMARTS) is 1. The van der Waals surface area contributed by atoms with Crippen LogP contribution in [0, 0.1) is 0 Å². The van der Waals surface area contributed by atoms with E-state index in [1.165, 1.54) is 12.1 Å². The zero-order chi connectivity index (χ0) is 10.7. The number of benzene rings is 1. The van der Waals surface area contributed by atoms with Crippen molar-refractivity contribution >= 4 is 46.5 Å². The average molecular weight is 254 g/mol. The molecule has 0 saturated heterocycles. The number of rotatable bonds is 3. The number of hydrogen-bond acceptors (Lipinski definition) is 2. The Morgan fingerprint density at radius 1 is 1.21 bits per heavy atom. The van der Waals surface area contributed by atoms with Gasteiger partial charge in [0.15, 0.2) is 0 Å². The fourth-order valence-electron chi connectivity index (χ4n) is 0.829. The maximum Gasteiger partial charge on any atom is 0.322 e. The molecule has 0 aliphatic heterocycles. The average Bonchev–Trinajstić information content (AvgIpc) is 2.09. The van der Waals surface area contributed by atoms with E-state index in [1.54, 1.807) is 0 Å². The summed E-state index contributed by atoms with van der Waals surface area (Å²) in [6.45, 7) is -0.225. The van der Waals surface area contributed by atoms with Gasteiger partial charge in [0, 0.05) is 0 Å². The molecule has 0 bridgehead atoms. The second-order valence-electron chi connectivity index (χ2n) is 2.49. The Bertz CT molecular complexity index is 368. The molecule has 1 aromatic rings. The molecule has 0 fully saturated rings. The lowest BCUT2D eigenvalue weighted by atomic mass is 10.3. The maximum atomic E-state index is 10.3. The standard InChI is InChI=1S/C8H6Cl3NO2/c9-4-1-6(11)7(2-5(4)10)12-3-8(13)14/h1-2,12H,3H2,(H,13,14). The second-order valence-corrected chi connectivity index (χ2v) is 3.72. The smallest absolute Gasteiger partial charge is 0.322 e. The van der Waals surface area contributed by atoms with Crippen LogP contribution in [0.1, 0.15) is 0 Å². The number of aliphatic carboxylic acids is 1. The Kier molecular flexibility index (Phi) is 3.86. The Morgan fingerprint density at radius 2 is 1.79 bits per heavy atom. The van der Waals surface area contributed by atoms with Crippen LogP contribution in [-0.4, -0.2) is 17.6 Å². The molecule has 0 spiro atoms. The lowest BCUT2D eigenvalue weighted by Gasteiger charge is -2.07. The number of anilines is 1. The molecule has 2 N–H and O–H groups in total. The summed E-state index contributed by atoms with van der Waals surface area (Å²) < 4.78 is 0. The number of hydrogen-bond donors (Lipinski definition) is 2. The van der Waals surface area contributed by atoms with E-state index in [1.807, 2.05) is 0 Å². The Hall–Kier alpha value is -0.640.